The average Bonchev–Trinajstić information content (AvgIpc) is 2.89. The van der Waals surface area contributed by atoms with Gasteiger partial charge in [0, 0.05) is 5.75 Å². The molecule has 0 spiro atoms. The fourth-order valence-corrected chi connectivity index (χ4v) is 3.08. The molecule has 1 atom stereocenters. The molecule has 2 fully saturated rings. The van der Waals surface area contributed by atoms with Gasteiger partial charge in [-0.15, -0.1) is 11.8 Å². The molecule has 0 saturated carbocycles. The van der Waals surface area contributed by atoms with Crippen molar-refractivity contribution in [3.63, 3.8) is 0 Å². The molecule has 2 aliphatic rings. The molecule has 2 saturated heterocycles. The Hall–Kier alpha value is -0.950. The van der Waals surface area contributed by atoms with E-state index in [9.17, 15) is 9.59 Å². The summed E-state index contributed by atoms with van der Waals surface area (Å²) in [4.78, 5) is 23.7. The summed E-state index contributed by atoms with van der Waals surface area (Å²) in [7, 11) is 0. The summed E-state index contributed by atoms with van der Waals surface area (Å²) in [5.74, 6) is -0.175. The normalized spacial score (nSPS) is 22.2. The van der Waals surface area contributed by atoms with Crippen molar-refractivity contribution in [2.45, 2.75) is 51.7 Å². The van der Waals surface area contributed by atoms with Gasteiger partial charge in [-0.1, -0.05) is 6.42 Å². The monoisotopic (exact) mass is 318 g/mol. The molecular formula is C14H26N2O4S. The van der Waals surface area contributed by atoms with Crippen LogP contribution >= 0.6 is 11.8 Å². The van der Waals surface area contributed by atoms with Gasteiger partial charge in [-0.2, -0.15) is 0 Å². The van der Waals surface area contributed by atoms with E-state index in [1.54, 1.807) is 20.8 Å². The standard InChI is InChI=1S/C9H15NO4S.C5H11N/c1-9(2,3)14-8(13)10-5-15-4-6(10)7(11)12;1-2-4-6-5-3-1/h6H,4-5H2,1-3H3,(H,11,12);6H,1-5H2/t6-;/m0./s1. The predicted molar refractivity (Wildman–Crippen MR) is 83.5 cm³/mol. The van der Waals surface area contributed by atoms with Gasteiger partial charge in [0.15, 0.2) is 0 Å². The third kappa shape index (κ3) is 7.04. The van der Waals surface area contributed by atoms with Crippen LogP contribution in [0.25, 0.3) is 0 Å². The maximum atomic E-state index is 11.6. The van der Waals surface area contributed by atoms with Gasteiger partial charge in [-0.25, -0.2) is 9.59 Å². The molecule has 0 aromatic carbocycles. The van der Waals surface area contributed by atoms with Crippen molar-refractivity contribution >= 4 is 23.8 Å². The van der Waals surface area contributed by atoms with Crippen LogP contribution in [0.4, 0.5) is 4.79 Å². The highest BCUT2D eigenvalue weighted by atomic mass is 32.2. The van der Waals surface area contributed by atoms with E-state index in [1.807, 2.05) is 0 Å². The van der Waals surface area contributed by atoms with Gasteiger partial charge in [-0.05, 0) is 46.7 Å². The Kier molecular flexibility index (Phi) is 7.31. The van der Waals surface area contributed by atoms with Gasteiger partial charge in [-0.3, -0.25) is 4.90 Å². The minimum atomic E-state index is -0.981. The number of rotatable bonds is 1. The number of hydrogen-bond acceptors (Lipinski definition) is 5. The van der Waals surface area contributed by atoms with Crippen LogP contribution in [0.15, 0.2) is 0 Å². The quantitative estimate of drug-likeness (QED) is 0.771. The van der Waals surface area contributed by atoms with Crippen LogP contribution in [0.3, 0.4) is 0 Å². The zero-order valence-electron chi connectivity index (χ0n) is 13.1. The van der Waals surface area contributed by atoms with Gasteiger partial charge < -0.3 is 15.2 Å². The lowest BCUT2D eigenvalue weighted by atomic mass is 10.2. The van der Waals surface area contributed by atoms with Crippen LogP contribution in [0.1, 0.15) is 40.0 Å². The van der Waals surface area contributed by atoms with Crippen molar-refractivity contribution in [3.8, 4) is 0 Å². The Morgan fingerprint density at radius 2 is 1.86 bits per heavy atom. The summed E-state index contributed by atoms with van der Waals surface area (Å²) in [5.41, 5.74) is -0.590. The fraction of sp³-hybridized carbons (Fsp3) is 0.857. The van der Waals surface area contributed by atoms with Gasteiger partial charge in [0.25, 0.3) is 0 Å². The van der Waals surface area contributed by atoms with Crippen molar-refractivity contribution in [1.82, 2.24) is 10.2 Å². The van der Waals surface area contributed by atoms with Crippen LogP contribution in [-0.2, 0) is 9.53 Å². The Morgan fingerprint density at radius 3 is 2.24 bits per heavy atom. The highest BCUT2D eigenvalue weighted by Gasteiger charge is 2.36. The average molecular weight is 318 g/mol. The van der Waals surface area contributed by atoms with Crippen LogP contribution in [0.2, 0.25) is 0 Å². The van der Waals surface area contributed by atoms with Gasteiger partial charge in [0.05, 0.1) is 5.88 Å². The molecule has 2 heterocycles. The molecular weight excluding hydrogens is 292 g/mol. The Labute approximate surface area is 130 Å². The maximum absolute atomic E-state index is 11.6. The second-order valence-electron chi connectivity index (χ2n) is 6.11. The highest BCUT2D eigenvalue weighted by molar-refractivity contribution is 7.99. The molecule has 0 radical (unpaired) electrons. The topological polar surface area (TPSA) is 78.9 Å². The largest absolute Gasteiger partial charge is 0.480 e. The number of carboxylic acid groups (broad SMARTS) is 1. The third-order valence-corrected chi connectivity index (χ3v) is 4.01. The molecule has 122 valence electrons. The molecule has 2 aliphatic heterocycles. The summed E-state index contributed by atoms with van der Waals surface area (Å²) < 4.78 is 5.11. The summed E-state index contributed by atoms with van der Waals surface area (Å²) >= 11 is 1.42. The fourth-order valence-electron chi connectivity index (χ4n) is 1.95. The first-order valence-electron chi connectivity index (χ1n) is 7.32. The number of carbonyl (C=O) groups is 2. The van der Waals surface area contributed by atoms with E-state index in [0.717, 1.165) is 0 Å². The van der Waals surface area contributed by atoms with E-state index in [0.29, 0.717) is 11.6 Å². The Morgan fingerprint density at radius 1 is 1.24 bits per heavy atom. The molecule has 1 amide bonds. The highest BCUT2D eigenvalue weighted by Crippen LogP contribution is 2.23. The number of hydrogen-bond donors (Lipinski definition) is 2. The summed E-state index contributed by atoms with van der Waals surface area (Å²) in [6, 6.07) is -0.759. The number of nitrogens with zero attached hydrogens (tertiary/aromatic N) is 1. The zero-order chi connectivity index (χ0) is 15.9. The zero-order valence-corrected chi connectivity index (χ0v) is 13.9. The third-order valence-electron chi connectivity index (χ3n) is 3.00. The van der Waals surface area contributed by atoms with Gasteiger partial charge in [0.1, 0.15) is 11.6 Å². The lowest BCUT2D eigenvalue weighted by molar-refractivity contribution is -0.141. The summed E-state index contributed by atoms with van der Waals surface area (Å²) in [5, 5.41) is 12.2. The van der Waals surface area contributed by atoms with Crippen LogP contribution in [-0.4, -0.2) is 58.4 Å². The number of carbonyl (C=O) groups excluding carboxylic acids is 1. The molecule has 0 bridgehead atoms. The minimum absolute atomic E-state index is 0.381. The van der Waals surface area contributed by atoms with Crippen LogP contribution < -0.4 is 5.32 Å². The first-order chi connectivity index (χ1) is 9.81. The molecule has 0 aliphatic carbocycles. The second kappa shape index (κ2) is 8.48. The SMILES string of the molecule is C1CCNCC1.CC(C)(C)OC(=O)N1CSC[C@H]1C(=O)O. The first-order valence-corrected chi connectivity index (χ1v) is 8.47. The number of carboxylic acids is 1. The predicted octanol–water partition coefficient (Wildman–Crippen LogP) is 2.14. The van der Waals surface area contributed by atoms with E-state index in [-0.39, 0.29) is 0 Å². The van der Waals surface area contributed by atoms with Gasteiger partial charge >= 0.3 is 12.1 Å². The van der Waals surface area contributed by atoms with E-state index in [2.05, 4.69) is 5.32 Å². The number of piperidine rings is 1. The van der Waals surface area contributed by atoms with Crippen LogP contribution in [0, 0.1) is 0 Å². The molecule has 0 unspecified atom stereocenters. The van der Waals surface area contributed by atoms with Crippen LogP contribution in [0.5, 0.6) is 0 Å². The van der Waals surface area contributed by atoms with Crippen molar-refractivity contribution in [3.05, 3.63) is 0 Å². The van der Waals surface area contributed by atoms with Crippen molar-refractivity contribution < 1.29 is 19.4 Å². The van der Waals surface area contributed by atoms with E-state index in [4.69, 9.17) is 9.84 Å². The van der Waals surface area contributed by atoms with E-state index < -0.39 is 23.7 Å². The molecule has 21 heavy (non-hydrogen) atoms. The van der Waals surface area contributed by atoms with Crippen molar-refractivity contribution in [1.29, 1.82) is 0 Å². The Balaban J connectivity index is 0.000000304. The first kappa shape index (κ1) is 18.1. The molecule has 7 heteroatoms. The lowest BCUT2D eigenvalue weighted by Crippen LogP contribution is -2.44. The molecule has 0 aromatic rings. The smallest absolute Gasteiger partial charge is 0.411 e. The number of ether oxygens (including phenoxy) is 1. The molecule has 6 nitrogen and oxygen atoms in total. The number of amides is 1. The lowest BCUT2D eigenvalue weighted by Gasteiger charge is -2.26. The van der Waals surface area contributed by atoms with E-state index >= 15 is 0 Å². The van der Waals surface area contributed by atoms with Gasteiger partial charge in [0.2, 0.25) is 0 Å². The summed E-state index contributed by atoms with van der Waals surface area (Å²) in [6.07, 6.45) is 3.66. The number of thioether (sulfide) groups is 1. The number of aliphatic carboxylic acids is 1. The minimum Gasteiger partial charge on any atom is -0.480 e. The van der Waals surface area contributed by atoms with E-state index in [1.165, 1.54) is 49.0 Å². The maximum Gasteiger partial charge on any atom is 0.411 e. The van der Waals surface area contributed by atoms with Crippen molar-refractivity contribution in [2.24, 2.45) is 0 Å². The number of nitrogens with one attached hydrogen (secondary N) is 1. The molecule has 0 aromatic heterocycles. The van der Waals surface area contributed by atoms with Crippen molar-refractivity contribution in [2.75, 3.05) is 24.7 Å². The molecule has 2 rings (SSSR count). The Bertz CT molecular complexity index is 342. The summed E-state index contributed by atoms with van der Waals surface area (Å²) in [6.45, 7) is 7.76. The molecule has 2 N–H and O–H groups in total. The second-order valence-corrected chi connectivity index (χ2v) is 7.11.